The largest absolute Gasteiger partial charge is 0.374 e. The number of anilines is 1. The van der Waals surface area contributed by atoms with Gasteiger partial charge in [0.1, 0.15) is 19.4 Å². The highest BCUT2D eigenvalue weighted by Gasteiger charge is 2.73. The fraction of sp³-hybridized carbons (Fsp3) is 0.462. The average molecular weight is 460 g/mol. The van der Waals surface area contributed by atoms with Crippen LogP contribution in [-0.2, 0) is 0 Å². The predicted octanol–water partition coefficient (Wildman–Crippen LogP) is 4.21. The van der Waals surface area contributed by atoms with Gasteiger partial charge in [-0.15, -0.1) is 0 Å². The van der Waals surface area contributed by atoms with Crippen molar-refractivity contribution in [1.29, 1.82) is 0 Å². The van der Waals surface area contributed by atoms with E-state index < -0.39 is 10.5 Å². The number of piperidine rings is 1. The summed E-state index contributed by atoms with van der Waals surface area (Å²) < 4.78 is -0.507. The number of nitrogens with one attached hydrogen (secondary N) is 1. The zero-order chi connectivity index (χ0) is 23.8. The van der Waals surface area contributed by atoms with Gasteiger partial charge < -0.3 is 10.4 Å². The van der Waals surface area contributed by atoms with Gasteiger partial charge in [0.15, 0.2) is 0 Å². The molecule has 1 saturated heterocycles. The van der Waals surface area contributed by atoms with E-state index in [1.54, 1.807) is 0 Å². The molecule has 5 rings (SSSR count). The molecular formula is C26H33BN4OS. The first-order chi connectivity index (χ1) is 15.3. The smallest absolute Gasteiger partial charge is 0.130 e. The van der Waals surface area contributed by atoms with Crippen LogP contribution < -0.4 is 5.32 Å². The first-order valence-electron chi connectivity index (χ1n) is 11.6. The normalized spacial score (nSPS) is 35.7. The molecule has 0 bridgehead atoms. The van der Waals surface area contributed by atoms with E-state index in [-0.39, 0.29) is 10.9 Å². The number of pyridine rings is 1. The van der Waals surface area contributed by atoms with Crippen LogP contribution in [0.25, 0.3) is 16.3 Å². The molecule has 4 unspecified atom stereocenters. The standard InChI is InChI=1S/C26H33BN4OS/c1-16-8-21(12-28-16)18-6-7-19-11-29-22(10-20(19)9-18)30-17(2)13-31-25(5,32)24(4,33)14-23(3)15-26(23,31)27/h6-7,9-12,32-33H,2,8,13-15,27H2,1,3-5H3,(H,29,30). The van der Waals surface area contributed by atoms with Crippen LogP contribution in [-0.4, -0.2) is 51.0 Å². The van der Waals surface area contributed by atoms with Crippen molar-refractivity contribution < 1.29 is 5.11 Å². The number of likely N-dealkylation sites (tertiary alicyclic amines) is 1. The molecule has 2 fully saturated rings. The summed E-state index contributed by atoms with van der Waals surface area (Å²) in [5.74, 6) is 0.756. The van der Waals surface area contributed by atoms with E-state index >= 15 is 0 Å². The van der Waals surface area contributed by atoms with Crippen LogP contribution in [0.5, 0.6) is 0 Å². The minimum atomic E-state index is -1.05. The second-order valence-electron chi connectivity index (χ2n) is 11.1. The number of benzene rings is 1. The maximum Gasteiger partial charge on any atom is 0.130 e. The van der Waals surface area contributed by atoms with Crippen molar-refractivity contribution in [3.8, 4) is 0 Å². The van der Waals surface area contributed by atoms with Crippen LogP contribution in [0.1, 0.15) is 52.5 Å². The van der Waals surface area contributed by atoms with Gasteiger partial charge in [0, 0.05) is 42.2 Å². The monoisotopic (exact) mass is 460 g/mol. The fourth-order valence-electron chi connectivity index (χ4n) is 5.97. The Morgan fingerprint density at radius 1 is 1.24 bits per heavy atom. The molecule has 0 radical (unpaired) electrons. The molecule has 2 aliphatic heterocycles. The van der Waals surface area contributed by atoms with E-state index in [1.807, 2.05) is 26.2 Å². The van der Waals surface area contributed by atoms with Crippen LogP contribution in [0.4, 0.5) is 5.82 Å². The summed E-state index contributed by atoms with van der Waals surface area (Å²) in [6.45, 7) is 13.1. The molecule has 172 valence electrons. The highest BCUT2D eigenvalue weighted by molar-refractivity contribution is 7.81. The van der Waals surface area contributed by atoms with Crippen LogP contribution in [0.3, 0.4) is 0 Å². The van der Waals surface area contributed by atoms with Gasteiger partial charge in [-0.2, -0.15) is 12.6 Å². The van der Waals surface area contributed by atoms with Crippen LogP contribution in [0, 0.1) is 5.41 Å². The first kappa shape index (κ1) is 22.7. The summed E-state index contributed by atoms with van der Waals surface area (Å²) in [5, 5.41) is 17.1. The number of hydrogen-bond donors (Lipinski definition) is 3. The number of thiol groups is 1. The molecule has 0 spiro atoms. The van der Waals surface area contributed by atoms with Gasteiger partial charge in [-0.25, -0.2) is 4.98 Å². The van der Waals surface area contributed by atoms with Crippen molar-refractivity contribution in [3.05, 3.63) is 54.5 Å². The third kappa shape index (κ3) is 3.56. The second kappa shape index (κ2) is 7.21. The lowest BCUT2D eigenvalue weighted by molar-refractivity contribution is -0.155. The Balaban J connectivity index is 1.36. The quantitative estimate of drug-likeness (QED) is 0.462. The van der Waals surface area contributed by atoms with Crippen molar-refractivity contribution in [3.63, 3.8) is 0 Å². The molecule has 1 saturated carbocycles. The van der Waals surface area contributed by atoms with Gasteiger partial charge in [-0.05, 0) is 73.1 Å². The molecule has 3 aliphatic rings. The molecule has 33 heavy (non-hydrogen) atoms. The number of rotatable bonds is 5. The Morgan fingerprint density at radius 2 is 2.00 bits per heavy atom. The molecule has 4 atom stereocenters. The zero-order valence-electron chi connectivity index (χ0n) is 20.2. The Bertz CT molecular complexity index is 1240. The van der Waals surface area contributed by atoms with Gasteiger partial charge in [0.2, 0.25) is 0 Å². The molecule has 2 N–H and O–H groups in total. The third-order valence-electron chi connectivity index (χ3n) is 8.42. The molecule has 2 aromatic rings. The van der Waals surface area contributed by atoms with Gasteiger partial charge in [0.25, 0.3) is 0 Å². The van der Waals surface area contributed by atoms with E-state index in [9.17, 15) is 5.11 Å². The molecule has 3 heterocycles. The summed E-state index contributed by atoms with van der Waals surface area (Å²) >= 11 is 4.88. The lowest BCUT2D eigenvalue weighted by Crippen LogP contribution is -2.68. The number of aromatic nitrogens is 1. The summed E-state index contributed by atoms with van der Waals surface area (Å²) in [4.78, 5) is 11.2. The zero-order valence-corrected chi connectivity index (χ0v) is 21.1. The number of aliphatic hydroxyl groups is 1. The van der Waals surface area contributed by atoms with Gasteiger partial charge >= 0.3 is 0 Å². The van der Waals surface area contributed by atoms with Gasteiger partial charge in [-0.1, -0.05) is 25.6 Å². The van der Waals surface area contributed by atoms with E-state index in [4.69, 9.17) is 12.6 Å². The minimum Gasteiger partial charge on any atom is -0.374 e. The van der Waals surface area contributed by atoms with E-state index in [1.165, 1.54) is 11.1 Å². The Labute approximate surface area is 202 Å². The van der Waals surface area contributed by atoms with Gasteiger partial charge in [-0.3, -0.25) is 9.89 Å². The average Bonchev–Trinajstić information content (AvgIpc) is 3.04. The Kier molecular flexibility index (Phi) is 4.96. The predicted molar refractivity (Wildman–Crippen MR) is 144 cm³/mol. The molecule has 5 nitrogen and oxygen atoms in total. The molecule has 1 aromatic carbocycles. The Morgan fingerprint density at radius 3 is 2.70 bits per heavy atom. The lowest BCUT2D eigenvalue weighted by Gasteiger charge is -2.56. The number of nitrogens with zero attached hydrogens (tertiary/aromatic N) is 3. The van der Waals surface area contributed by atoms with Crippen molar-refractivity contribution in [2.45, 2.75) is 62.9 Å². The summed E-state index contributed by atoms with van der Waals surface area (Å²) in [6.07, 6.45) is 6.69. The van der Waals surface area contributed by atoms with Crippen LogP contribution in [0.15, 0.2) is 53.9 Å². The van der Waals surface area contributed by atoms with Crippen molar-refractivity contribution >= 4 is 48.4 Å². The molecule has 0 amide bonds. The summed E-state index contributed by atoms with van der Waals surface area (Å²) in [5.41, 5.74) is 3.43. The molecular weight excluding hydrogens is 427 g/mol. The van der Waals surface area contributed by atoms with E-state index in [0.717, 1.165) is 47.3 Å². The van der Waals surface area contributed by atoms with E-state index in [2.05, 4.69) is 72.7 Å². The highest BCUT2D eigenvalue weighted by atomic mass is 32.1. The van der Waals surface area contributed by atoms with Crippen LogP contribution in [0.2, 0.25) is 0 Å². The van der Waals surface area contributed by atoms with Crippen molar-refractivity contribution in [2.24, 2.45) is 10.4 Å². The summed E-state index contributed by atoms with van der Waals surface area (Å²) in [7, 11) is 2.25. The third-order valence-corrected chi connectivity index (χ3v) is 9.00. The number of hydrogen-bond acceptors (Lipinski definition) is 6. The molecule has 1 aromatic heterocycles. The van der Waals surface area contributed by atoms with E-state index in [0.29, 0.717) is 6.54 Å². The first-order valence-corrected chi connectivity index (χ1v) is 12.1. The van der Waals surface area contributed by atoms with Gasteiger partial charge in [0.05, 0.1) is 4.75 Å². The second-order valence-corrected chi connectivity index (χ2v) is 12.1. The number of allylic oxidation sites excluding steroid dienone is 1. The lowest BCUT2D eigenvalue weighted by atomic mass is 9.70. The number of fused-ring (bicyclic) bond motifs is 2. The SMILES string of the molecule is BC12CC1(C)CC(C)(S)C(C)(O)N2CC(=C)Nc1cc2cc(C3=CN=C(C)C3)ccc2cn1. The maximum atomic E-state index is 11.5. The maximum absolute atomic E-state index is 11.5. The molecule has 1 aliphatic carbocycles. The minimum absolute atomic E-state index is 0.0652. The van der Waals surface area contributed by atoms with Crippen molar-refractivity contribution in [1.82, 2.24) is 9.88 Å². The Hall–Kier alpha value is -2.09. The van der Waals surface area contributed by atoms with Crippen LogP contribution >= 0.6 is 12.6 Å². The number of aliphatic imine (C=N–C) groups is 1. The highest BCUT2D eigenvalue weighted by Crippen LogP contribution is 2.68. The fourth-order valence-corrected chi connectivity index (χ4v) is 6.44. The van der Waals surface area contributed by atoms with Crippen molar-refractivity contribution in [2.75, 3.05) is 11.9 Å². The summed E-state index contributed by atoms with van der Waals surface area (Å²) in [6, 6.07) is 8.50. The molecule has 7 heteroatoms. The topological polar surface area (TPSA) is 60.8 Å².